The van der Waals surface area contributed by atoms with Crippen LogP contribution in [-0.4, -0.2) is 22.5 Å². The SMILES string of the molecule is Cc1nc(C)c(Cn2c(=O)n(C3(C)CC3)c3cc(S(N)(=O)=O)ccc32)s1. The van der Waals surface area contributed by atoms with Crippen LogP contribution in [0.2, 0.25) is 0 Å². The molecule has 1 saturated carbocycles. The largest absolute Gasteiger partial charge is 0.329 e. The lowest BCUT2D eigenvalue weighted by molar-refractivity contribution is 0.516. The number of primary sulfonamides is 1. The van der Waals surface area contributed by atoms with E-state index in [4.69, 9.17) is 5.14 Å². The molecule has 2 aromatic heterocycles. The zero-order chi connectivity index (χ0) is 18.9. The Hall–Kier alpha value is -1.97. The highest BCUT2D eigenvalue weighted by Gasteiger charge is 2.42. The average Bonchev–Trinajstić information content (AvgIpc) is 3.10. The fraction of sp³-hybridized carbons (Fsp3) is 0.412. The third-order valence-corrected chi connectivity index (χ3v) is 7.01. The second-order valence-corrected chi connectivity index (χ2v) is 9.99. The van der Waals surface area contributed by atoms with E-state index in [0.717, 1.165) is 28.4 Å². The summed E-state index contributed by atoms with van der Waals surface area (Å²) >= 11 is 1.57. The Kier molecular flexibility index (Phi) is 3.70. The summed E-state index contributed by atoms with van der Waals surface area (Å²) in [5.41, 5.74) is 1.84. The third kappa shape index (κ3) is 2.70. The van der Waals surface area contributed by atoms with Gasteiger partial charge in [0.2, 0.25) is 10.0 Å². The van der Waals surface area contributed by atoms with Gasteiger partial charge in [0.1, 0.15) is 0 Å². The first kappa shape index (κ1) is 17.4. The first-order valence-electron chi connectivity index (χ1n) is 8.32. The number of hydrogen-bond acceptors (Lipinski definition) is 5. The smallest absolute Gasteiger partial charge is 0.287 e. The second-order valence-electron chi connectivity index (χ2n) is 7.14. The van der Waals surface area contributed by atoms with E-state index in [1.807, 2.05) is 20.8 Å². The van der Waals surface area contributed by atoms with Gasteiger partial charge in [0.25, 0.3) is 0 Å². The summed E-state index contributed by atoms with van der Waals surface area (Å²) in [5.74, 6) is 0. The Morgan fingerprint density at radius 3 is 2.50 bits per heavy atom. The fourth-order valence-electron chi connectivity index (χ4n) is 3.36. The highest BCUT2D eigenvalue weighted by molar-refractivity contribution is 7.89. The molecule has 0 amide bonds. The molecule has 2 heterocycles. The highest BCUT2D eigenvalue weighted by atomic mass is 32.2. The van der Waals surface area contributed by atoms with Crippen LogP contribution in [0.5, 0.6) is 0 Å². The number of sulfonamides is 1. The van der Waals surface area contributed by atoms with E-state index in [2.05, 4.69) is 4.98 Å². The third-order valence-electron chi connectivity index (χ3n) is 5.04. The van der Waals surface area contributed by atoms with Gasteiger partial charge in [-0.2, -0.15) is 0 Å². The minimum Gasteiger partial charge on any atom is -0.287 e. The lowest BCUT2D eigenvalue weighted by Gasteiger charge is -2.10. The van der Waals surface area contributed by atoms with Crippen molar-refractivity contribution in [1.29, 1.82) is 0 Å². The minimum absolute atomic E-state index is 0.0185. The Morgan fingerprint density at radius 1 is 1.27 bits per heavy atom. The minimum atomic E-state index is -3.83. The number of rotatable bonds is 4. The number of fused-ring (bicyclic) bond motifs is 1. The molecule has 1 aliphatic carbocycles. The van der Waals surface area contributed by atoms with Crippen LogP contribution in [0.4, 0.5) is 0 Å². The van der Waals surface area contributed by atoms with E-state index in [1.165, 1.54) is 12.1 Å². The van der Waals surface area contributed by atoms with Gasteiger partial charge in [-0.1, -0.05) is 0 Å². The van der Waals surface area contributed by atoms with Gasteiger partial charge in [-0.15, -0.1) is 11.3 Å². The number of nitrogens with zero attached hydrogens (tertiary/aromatic N) is 3. The summed E-state index contributed by atoms with van der Waals surface area (Å²) in [5, 5.41) is 6.24. The predicted molar refractivity (Wildman–Crippen MR) is 101 cm³/mol. The summed E-state index contributed by atoms with van der Waals surface area (Å²) in [6, 6.07) is 4.64. The van der Waals surface area contributed by atoms with Crippen LogP contribution in [0.25, 0.3) is 11.0 Å². The van der Waals surface area contributed by atoms with Gasteiger partial charge in [0, 0.05) is 10.4 Å². The van der Waals surface area contributed by atoms with Crippen LogP contribution in [0.3, 0.4) is 0 Å². The summed E-state index contributed by atoms with van der Waals surface area (Å²) < 4.78 is 26.9. The monoisotopic (exact) mass is 392 g/mol. The normalized spacial score (nSPS) is 16.3. The molecule has 26 heavy (non-hydrogen) atoms. The molecule has 1 aromatic carbocycles. The van der Waals surface area contributed by atoms with Crippen molar-refractivity contribution in [3.05, 3.63) is 44.3 Å². The predicted octanol–water partition coefficient (Wildman–Crippen LogP) is 2.08. The molecule has 1 aliphatic rings. The van der Waals surface area contributed by atoms with Crippen LogP contribution in [0.15, 0.2) is 27.9 Å². The zero-order valence-electron chi connectivity index (χ0n) is 14.8. The molecule has 2 N–H and O–H groups in total. The zero-order valence-corrected chi connectivity index (χ0v) is 16.4. The Bertz CT molecular complexity index is 1200. The molecule has 0 saturated heterocycles. The molecule has 0 aliphatic heterocycles. The van der Waals surface area contributed by atoms with Crippen LogP contribution in [0.1, 0.15) is 35.3 Å². The van der Waals surface area contributed by atoms with E-state index in [9.17, 15) is 13.2 Å². The van der Waals surface area contributed by atoms with Gasteiger partial charge in [0.05, 0.1) is 33.2 Å². The van der Waals surface area contributed by atoms with Crippen molar-refractivity contribution in [2.75, 3.05) is 0 Å². The van der Waals surface area contributed by atoms with E-state index >= 15 is 0 Å². The Balaban J connectivity index is 1.98. The fourth-order valence-corrected chi connectivity index (χ4v) is 4.82. The van der Waals surface area contributed by atoms with Crippen LogP contribution < -0.4 is 10.8 Å². The van der Waals surface area contributed by atoms with Gasteiger partial charge in [-0.05, 0) is 51.8 Å². The molecule has 138 valence electrons. The van der Waals surface area contributed by atoms with Crippen molar-refractivity contribution in [1.82, 2.24) is 14.1 Å². The number of imidazole rings is 1. The quantitative estimate of drug-likeness (QED) is 0.735. The molecular weight excluding hydrogens is 372 g/mol. The molecule has 4 rings (SSSR count). The standard InChI is InChI=1S/C17H20N4O3S2/c1-10-15(25-11(2)19-10)9-20-13-5-4-12(26(18,23)24)8-14(13)21(16(20)22)17(3)6-7-17/h4-5,8H,6-7,9H2,1-3H3,(H2,18,23,24). The maximum atomic E-state index is 13.2. The van der Waals surface area contributed by atoms with Crippen LogP contribution in [-0.2, 0) is 22.1 Å². The number of aryl methyl sites for hydroxylation is 2. The average molecular weight is 393 g/mol. The van der Waals surface area contributed by atoms with Gasteiger partial charge in [0.15, 0.2) is 0 Å². The molecule has 1 fully saturated rings. The van der Waals surface area contributed by atoms with Gasteiger partial charge in [-0.3, -0.25) is 9.13 Å². The number of nitrogens with two attached hydrogens (primary N) is 1. The lowest BCUT2D eigenvalue weighted by atomic mass is 10.2. The molecule has 0 atom stereocenters. The van der Waals surface area contributed by atoms with Gasteiger partial charge >= 0.3 is 5.69 Å². The van der Waals surface area contributed by atoms with Crippen molar-refractivity contribution < 1.29 is 8.42 Å². The lowest BCUT2D eigenvalue weighted by Crippen LogP contribution is -2.30. The number of benzene rings is 1. The van der Waals surface area contributed by atoms with E-state index in [-0.39, 0.29) is 16.1 Å². The van der Waals surface area contributed by atoms with Gasteiger partial charge < -0.3 is 0 Å². The molecule has 0 unspecified atom stereocenters. The Labute approximate surface area is 155 Å². The van der Waals surface area contributed by atoms with Crippen molar-refractivity contribution >= 4 is 32.4 Å². The molecule has 7 nitrogen and oxygen atoms in total. The molecule has 0 bridgehead atoms. The van der Waals surface area contributed by atoms with Crippen molar-refractivity contribution in [3.63, 3.8) is 0 Å². The number of hydrogen-bond donors (Lipinski definition) is 1. The second kappa shape index (κ2) is 5.51. The topological polar surface area (TPSA) is 100.0 Å². The summed E-state index contributed by atoms with van der Waals surface area (Å²) in [6.45, 7) is 6.32. The maximum absolute atomic E-state index is 13.2. The van der Waals surface area contributed by atoms with Crippen molar-refractivity contribution in [2.24, 2.45) is 5.14 Å². The Morgan fingerprint density at radius 2 is 1.96 bits per heavy atom. The van der Waals surface area contributed by atoms with Gasteiger partial charge in [-0.25, -0.2) is 23.3 Å². The maximum Gasteiger partial charge on any atom is 0.329 e. The van der Waals surface area contributed by atoms with Crippen LogP contribution in [0, 0.1) is 13.8 Å². The first-order chi connectivity index (χ1) is 12.1. The van der Waals surface area contributed by atoms with Crippen molar-refractivity contribution in [2.45, 2.75) is 50.6 Å². The number of aromatic nitrogens is 3. The highest BCUT2D eigenvalue weighted by Crippen LogP contribution is 2.43. The van der Waals surface area contributed by atoms with Crippen molar-refractivity contribution in [3.8, 4) is 0 Å². The number of thiazole rings is 1. The molecule has 0 spiro atoms. The molecular formula is C17H20N4O3S2. The first-order valence-corrected chi connectivity index (χ1v) is 10.7. The molecule has 9 heteroatoms. The van der Waals surface area contributed by atoms with E-state index in [1.54, 1.807) is 26.5 Å². The molecule has 3 aromatic rings. The summed E-state index contributed by atoms with van der Waals surface area (Å²) in [4.78, 5) is 18.7. The summed E-state index contributed by atoms with van der Waals surface area (Å²) in [6.07, 6.45) is 1.79. The van der Waals surface area contributed by atoms with E-state index in [0.29, 0.717) is 17.6 Å². The summed E-state index contributed by atoms with van der Waals surface area (Å²) in [7, 11) is -3.83. The van der Waals surface area contributed by atoms with E-state index < -0.39 is 10.0 Å². The molecule has 0 radical (unpaired) electrons. The van der Waals surface area contributed by atoms with Crippen LogP contribution >= 0.6 is 11.3 Å².